The van der Waals surface area contributed by atoms with Crippen molar-refractivity contribution in [3.8, 4) is 0 Å². The molecule has 0 aromatic heterocycles. The molecule has 0 amide bonds. The summed E-state index contributed by atoms with van der Waals surface area (Å²) in [5.41, 5.74) is 0. The third kappa shape index (κ3) is 8.90. The Hall–Kier alpha value is 0.168. The van der Waals surface area contributed by atoms with E-state index in [9.17, 15) is 0 Å². The van der Waals surface area contributed by atoms with Crippen LogP contribution in [0, 0.1) is 6.58 Å². The molecule has 0 aromatic rings. The van der Waals surface area contributed by atoms with Crippen LogP contribution >= 0.6 is 0 Å². The van der Waals surface area contributed by atoms with Gasteiger partial charge in [-0.05, 0) is 0 Å². The maximum absolute atomic E-state index is 4.93. The molecule has 0 heterocycles. The minimum absolute atomic E-state index is 0. The summed E-state index contributed by atoms with van der Waals surface area (Å²) in [4.78, 5) is 0. The summed E-state index contributed by atoms with van der Waals surface area (Å²) in [6, 6.07) is 0. The van der Waals surface area contributed by atoms with Crippen LogP contribution in [-0.4, -0.2) is 0 Å². The van der Waals surface area contributed by atoms with Crippen molar-refractivity contribution in [2.75, 3.05) is 0 Å². The van der Waals surface area contributed by atoms with Gasteiger partial charge in [-0.3, -0.25) is 6.58 Å². The maximum atomic E-state index is 4.93. The molecule has 0 rings (SSSR count). The number of rotatable bonds is 1. The van der Waals surface area contributed by atoms with Crippen molar-refractivity contribution in [3.05, 3.63) is 24.8 Å². The summed E-state index contributed by atoms with van der Waals surface area (Å²) in [6.07, 6.45) is 5.15. The zero-order valence-corrected chi connectivity index (χ0v) is 6.65. The van der Waals surface area contributed by atoms with Gasteiger partial charge >= 0.3 is 0 Å². The van der Waals surface area contributed by atoms with Crippen LogP contribution < -0.4 is 0 Å². The summed E-state index contributed by atoms with van der Waals surface area (Å²) in [5, 5.41) is 0. The molecule has 0 aliphatic rings. The van der Waals surface area contributed by atoms with Gasteiger partial charge in [0.2, 0.25) is 0 Å². The molecule has 0 saturated heterocycles. The predicted octanol–water partition coefficient (Wildman–Crippen LogP) is 1.55. The molecule has 1 heteroatoms. The average Bonchev–Trinajstić information content (AvgIpc) is 1.41. The zero-order chi connectivity index (χ0) is 4.12. The van der Waals surface area contributed by atoms with Crippen LogP contribution in [-0.2, 0) is 21.1 Å². The van der Waals surface area contributed by atoms with E-state index in [1.807, 2.05) is 13.0 Å². The first kappa shape index (κ1) is 9.48. The normalized spacial score (nSPS) is 7.50. The molecule has 0 N–H and O–H groups in total. The third-order valence-electron chi connectivity index (χ3n) is 0.304. The van der Waals surface area contributed by atoms with Crippen molar-refractivity contribution in [2.45, 2.75) is 6.92 Å². The Balaban J connectivity index is 0. The van der Waals surface area contributed by atoms with Crippen LogP contribution in [0.3, 0.4) is 0 Å². The summed E-state index contributed by atoms with van der Waals surface area (Å²) in [5.74, 6) is 0. The molecule has 0 bridgehead atoms. The Morgan fingerprint density at radius 1 is 1.50 bits per heavy atom. The van der Waals surface area contributed by atoms with E-state index in [2.05, 4.69) is 0 Å². The van der Waals surface area contributed by atoms with Crippen LogP contribution in [0.1, 0.15) is 6.92 Å². The molecule has 0 aliphatic carbocycles. The quantitative estimate of drug-likeness (QED) is 0.490. The molecule has 0 fully saturated rings. The van der Waals surface area contributed by atoms with Crippen LogP contribution in [0.5, 0.6) is 0 Å². The Morgan fingerprint density at radius 3 is 2.00 bits per heavy atom. The van der Waals surface area contributed by atoms with Crippen molar-refractivity contribution in [2.24, 2.45) is 0 Å². The monoisotopic (exact) mass is 251 g/mol. The van der Waals surface area contributed by atoms with Crippen LogP contribution in [0.15, 0.2) is 18.2 Å². The van der Waals surface area contributed by atoms with Gasteiger partial charge in [0.15, 0.2) is 0 Å². The molecule has 0 radical (unpaired) electrons. The van der Waals surface area contributed by atoms with Gasteiger partial charge in [0.25, 0.3) is 0 Å². The average molecular weight is 251 g/mol. The van der Waals surface area contributed by atoms with Crippen LogP contribution in [0.25, 0.3) is 0 Å². The molecule has 0 aliphatic heterocycles. The first-order valence-electron chi connectivity index (χ1n) is 1.58. The smallest absolute Gasteiger partial charge is 0 e. The Morgan fingerprint density at radius 2 is 2.00 bits per heavy atom. The summed E-state index contributed by atoms with van der Waals surface area (Å²) >= 11 is 0. The van der Waals surface area contributed by atoms with Crippen molar-refractivity contribution in [3.63, 3.8) is 0 Å². The molecule has 0 saturated carbocycles. The van der Waals surface area contributed by atoms with Crippen molar-refractivity contribution in [1.29, 1.82) is 0 Å². The van der Waals surface area contributed by atoms with E-state index in [1.165, 1.54) is 6.08 Å². The van der Waals surface area contributed by atoms with Crippen LogP contribution in [0.2, 0.25) is 0 Å². The maximum Gasteiger partial charge on any atom is 0 e. The molecular weight excluding hydrogens is 244 g/mol. The topological polar surface area (TPSA) is 0 Å². The molecule has 0 atom stereocenters. The van der Waals surface area contributed by atoms with Gasteiger partial charge in [-0.2, -0.15) is 6.08 Å². The first-order chi connectivity index (χ1) is 2.41. The van der Waals surface area contributed by atoms with Gasteiger partial charge < -0.3 is 0 Å². The van der Waals surface area contributed by atoms with Gasteiger partial charge in [-0.1, -0.05) is 6.92 Å². The second-order valence-corrected chi connectivity index (χ2v) is 0.718. The van der Waals surface area contributed by atoms with E-state index in [1.54, 1.807) is 6.08 Å². The second kappa shape index (κ2) is 8.95. The number of hydrogen-bond acceptors (Lipinski definition) is 0. The molecule has 0 unspecified atom stereocenters. The fourth-order valence-electron chi connectivity index (χ4n) is 0.111. The summed E-state index contributed by atoms with van der Waals surface area (Å²) in [7, 11) is 0. The Labute approximate surface area is 53.2 Å². The molecular formula is C5H7W-. The molecule has 34 valence electrons. The van der Waals surface area contributed by atoms with E-state index >= 15 is 0 Å². The minimum atomic E-state index is 0. The number of hydrogen-bond donors (Lipinski definition) is 0. The third-order valence-corrected chi connectivity index (χ3v) is 0.304. The van der Waals surface area contributed by atoms with E-state index in [-0.39, 0.29) is 21.1 Å². The largest absolute Gasteiger partial charge is 0.293 e. The molecule has 0 aromatic carbocycles. The molecule has 6 heavy (non-hydrogen) atoms. The predicted molar refractivity (Wildman–Crippen MR) is 23.7 cm³/mol. The number of allylic oxidation sites excluding steroid dienone is 3. The van der Waals surface area contributed by atoms with Gasteiger partial charge in [0.05, 0.1) is 0 Å². The first-order valence-corrected chi connectivity index (χ1v) is 1.58. The van der Waals surface area contributed by atoms with E-state index in [4.69, 9.17) is 6.58 Å². The minimum Gasteiger partial charge on any atom is -0.293 e. The standard InChI is InChI=1S/C5H7.W/c1-3-5-4-2;/h1,3-5H,2H3;/q-1;/b5-4+;. The van der Waals surface area contributed by atoms with E-state index in [0.717, 1.165) is 0 Å². The Bertz CT molecular complexity index is 45.9. The van der Waals surface area contributed by atoms with Gasteiger partial charge in [-0.15, -0.1) is 0 Å². The SMILES string of the molecule is [CH-]=C/C=C/C.[W]. The van der Waals surface area contributed by atoms with Gasteiger partial charge in [0, 0.05) is 21.1 Å². The molecule has 0 spiro atoms. The van der Waals surface area contributed by atoms with Crippen molar-refractivity contribution in [1.82, 2.24) is 0 Å². The van der Waals surface area contributed by atoms with E-state index in [0.29, 0.717) is 0 Å². The van der Waals surface area contributed by atoms with Crippen molar-refractivity contribution < 1.29 is 21.1 Å². The molecule has 0 nitrogen and oxygen atoms in total. The van der Waals surface area contributed by atoms with Gasteiger partial charge in [0.1, 0.15) is 0 Å². The van der Waals surface area contributed by atoms with Crippen molar-refractivity contribution >= 4 is 0 Å². The fraction of sp³-hybridized carbons (Fsp3) is 0.200. The van der Waals surface area contributed by atoms with E-state index < -0.39 is 0 Å². The Kier molecular flexibility index (Phi) is 14.1. The summed E-state index contributed by atoms with van der Waals surface area (Å²) in [6.45, 7) is 6.85. The van der Waals surface area contributed by atoms with Crippen LogP contribution in [0.4, 0.5) is 0 Å². The van der Waals surface area contributed by atoms with Gasteiger partial charge in [-0.25, -0.2) is 12.2 Å². The summed E-state index contributed by atoms with van der Waals surface area (Å²) < 4.78 is 0. The second-order valence-electron chi connectivity index (χ2n) is 0.718. The zero-order valence-electron chi connectivity index (χ0n) is 3.72. The fourth-order valence-corrected chi connectivity index (χ4v) is 0.111.